The first kappa shape index (κ1) is 25.0. The maximum absolute atomic E-state index is 13.5. The predicted octanol–water partition coefficient (Wildman–Crippen LogP) is 5.30. The van der Waals surface area contributed by atoms with E-state index in [4.69, 9.17) is 14.2 Å². The fourth-order valence-corrected chi connectivity index (χ4v) is 5.08. The zero-order valence-electron chi connectivity index (χ0n) is 19.7. The van der Waals surface area contributed by atoms with Crippen molar-refractivity contribution in [2.24, 2.45) is 5.92 Å². The molecule has 5 nitrogen and oxygen atoms in total. The number of anilines is 1. The van der Waals surface area contributed by atoms with Gasteiger partial charge in [-0.1, -0.05) is 30.3 Å². The van der Waals surface area contributed by atoms with Gasteiger partial charge >= 0.3 is 6.18 Å². The van der Waals surface area contributed by atoms with Crippen molar-refractivity contribution in [2.45, 2.75) is 37.3 Å². The highest BCUT2D eigenvalue weighted by Gasteiger charge is 2.43. The van der Waals surface area contributed by atoms with Gasteiger partial charge in [-0.05, 0) is 36.6 Å². The van der Waals surface area contributed by atoms with Crippen LogP contribution in [-0.4, -0.2) is 58.1 Å². The second-order valence-corrected chi connectivity index (χ2v) is 9.04. The molecule has 0 aliphatic carbocycles. The van der Waals surface area contributed by atoms with Crippen LogP contribution in [0, 0.1) is 5.92 Å². The first-order valence-electron chi connectivity index (χ1n) is 11.8. The van der Waals surface area contributed by atoms with Crippen molar-refractivity contribution in [3.63, 3.8) is 0 Å². The Morgan fingerprint density at radius 2 is 1.71 bits per heavy atom. The number of rotatable bonds is 9. The molecule has 1 fully saturated rings. The molecule has 0 saturated carbocycles. The van der Waals surface area contributed by atoms with Crippen molar-refractivity contribution in [1.29, 1.82) is 0 Å². The van der Waals surface area contributed by atoms with E-state index >= 15 is 0 Å². The molecule has 0 unspecified atom stereocenters. The maximum Gasteiger partial charge on any atom is 0.416 e. The molecule has 8 heteroatoms. The van der Waals surface area contributed by atoms with Gasteiger partial charge in [0, 0.05) is 51.0 Å². The number of hydrogen-bond donors (Lipinski definition) is 1. The molecule has 0 bridgehead atoms. The van der Waals surface area contributed by atoms with Crippen LogP contribution in [0.5, 0.6) is 0 Å². The molecule has 0 aromatic heterocycles. The summed E-state index contributed by atoms with van der Waals surface area (Å²) >= 11 is 0. The Balaban J connectivity index is 1.61. The number of alkyl halides is 3. The van der Waals surface area contributed by atoms with Gasteiger partial charge in [-0.25, -0.2) is 0 Å². The minimum absolute atomic E-state index is 0.0190. The van der Waals surface area contributed by atoms with Gasteiger partial charge in [-0.3, -0.25) is 4.90 Å². The molecule has 2 aliphatic rings. The molecule has 4 atom stereocenters. The van der Waals surface area contributed by atoms with Gasteiger partial charge in [0.05, 0.1) is 37.0 Å². The van der Waals surface area contributed by atoms with Crippen LogP contribution >= 0.6 is 0 Å². The van der Waals surface area contributed by atoms with Crippen molar-refractivity contribution < 1.29 is 27.4 Å². The normalized spacial score (nSPS) is 24.4. The lowest BCUT2D eigenvalue weighted by atomic mass is 9.76. The summed E-state index contributed by atoms with van der Waals surface area (Å²) < 4.78 is 57.6. The molecule has 0 spiro atoms. The minimum Gasteiger partial charge on any atom is -0.383 e. The van der Waals surface area contributed by atoms with Crippen LogP contribution in [-0.2, 0) is 20.4 Å². The topological polar surface area (TPSA) is 43.0 Å². The number of methoxy groups -OCH3 is 2. The Bertz CT molecular complexity index is 917. The van der Waals surface area contributed by atoms with Crippen LogP contribution in [0.3, 0.4) is 0 Å². The second-order valence-electron chi connectivity index (χ2n) is 9.04. The first-order chi connectivity index (χ1) is 16.4. The van der Waals surface area contributed by atoms with Crippen LogP contribution in [0.25, 0.3) is 0 Å². The first-order valence-corrected chi connectivity index (χ1v) is 11.8. The molecule has 34 heavy (non-hydrogen) atoms. The highest BCUT2D eigenvalue weighted by Crippen LogP contribution is 2.51. The van der Waals surface area contributed by atoms with Crippen molar-refractivity contribution in [3.05, 3.63) is 65.2 Å². The number of nitrogens with zero attached hydrogens (tertiary/aromatic N) is 1. The van der Waals surface area contributed by atoms with E-state index in [0.717, 1.165) is 37.6 Å². The van der Waals surface area contributed by atoms with Gasteiger partial charge in [0.25, 0.3) is 0 Å². The summed E-state index contributed by atoms with van der Waals surface area (Å²) in [5, 5.41) is 3.51. The Morgan fingerprint density at radius 3 is 2.35 bits per heavy atom. The fraction of sp³-hybridized carbons (Fsp3) is 0.538. The summed E-state index contributed by atoms with van der Waals surface area (Å²) in [4.78, 5) is 2.24. The molecule has 1 N–H and O–H groups in total. The van der Waals surface area contributed by atoms with E-state index in [0.29, 0.717) is 31.0 Å². The number of ether oxygens (including phenoxy) is 3. The molecule has 2 heterocycles. The predicted molar refractivity (Wildman–Crippen MR) is 125 cm³/mol. The lowest BCUT2D eigenvalue weighted by Crippen LogP contribution is -2.44. The third-order valence-corrected chi connectivity index (χ3v) is 6.82. The number of nitrogens with one attached hydrogen (secondary N) is 1. The Hall–Kier alpha value is -2.13. The average molecular weight is 479 g/mol. The summed E-state index contributed by atoms with van der Waals surface area (Å²) in [6, 6.07) is 14.0. The van der Waals surface area contributed by atoms with E-state index in [1.807, 2.05) is 18.2 Å². The number of benzene rings is 2. The second kappa shape index (κ2) is 11.1. The minimum atomic E-state index is -4.40. The molecular formula is C26H33F3N2O3. The summed E-state index contributed by atoms with van der Waals surface area (Å²) in [7, 11) is 3.34. The molecular weight excluding hydrogens is 445 g/mol. The standard InChI is InChI=1S/C26H33F3N2O3/c1-32-14-12-31(13-15-33-2)17-20-9-10-21-24(18-6-4-3-5-7-18)30-23-11-8-19(26(27,28)29)16-22(23)25(21)34-20/h3-8,11,16,20-21,24-25,30H,9-10,12-15,17H2,1-2H3/t20-,21+,24+,25+/m1/s1. The van der Waals surface area contributed by atoms with Crippen LogP contribution in [0.1, 0.15) is 41.7 Å². The van der Waals surface area contributed by atoms with Crippen molar-refractivity contribution in [2.75, 3.05) is 52.4 Å². The molecule has 1 saturated heterocycles. The third-order valence-electron chi connectivity index (χ3n) is 6.82. The SMILES string of the molecule is COCCN(CCOC)C[C@H]1CC[C@@H]2[C@H](O1)c1cc(C(F)(F)F)ccc1N[C@H]2c1ccccc1. The van der Waals surface area contributed by atoms with Crippen LogP contribution in [0.15, 0.2) is 48.5 Å². The molecule has 0 radical (unpaired) electrons. The average Bonchev–Trinajstić information content (AvgIpc) is 2.84. The molecule has 4 rings (SSSR count). The molecule has 186 valence electrons. The van der Waals surface area contributed by atoms with Gasteiger partial charge in [-0.15, -0.1) is 0 Å². The third kappa shape index (κ3) is 5.74. The molecule has 0 amide bonds. The molecule has 2 aromatic carbocycles. The van der Waals surface area contributed by atoms with E-state index < -0.39 is 17.8 Å². The summed E-state index contributed by atoms with van der Waals surface area (Å²) in [6.07, 6.45) is -3.18. The van der Waals surface area contributed by atoms with Crippen LogP contribution in [0.4, 0.5) is 18.9 Å². The molecule has 2 aliphatic heterocycles. The zero-order chi connectivity index (χ0) is 24.1. The lowest BCUT2D eigenvalue weighted by molar-refractivity contribution is -0.138. The number of hydrogen-bond acceptors (Lipinski definition) is 5. The van der Waals surface area contributed by atoms with Gasteiger partial charge < -0.3 is 19.5 Å². The fourth-order valence-electron chi connectivity index (χ4n) is 5.08. The Kier molecular flexibility index (Phi) is 8.14. The van der Waals surface area contributed by atoms with Crippen molar-refractivity contribution in [1.82, 2.24) is 4.90 Å². The largest absolute Gasteiger partial charge is 0.416 e. The Labute approximate surface area is 199 Å². The number of halogens is 3. The highest BCUT2D eigenvalue weighted by molar-refractivity contribution is 5.58. The van der Waals surface area contributed by atoms with Crippen molar-refractivity contribution in [3.8, 4) is 0 Å². The van der Waals surface area contributed by atoms with Gasteiger partial charge in [-0.2, -0.15) is 13.2 Å². The van der Waals surface area contributed by atoms with Gasteiger partial charge in [0.1, 0.15) is 0 Å². The van der Waals surface area contributed by atoms with Crippen LogP contribution < -0.4 is 5.32 Å². The lowest BCUT2D eigenvalue weighted by Gasteiger charge is -2.46. The van der Waals surface area contributed by atoms with E-state index in [1.165, 1.54) is 6.07 Å². The van der Waals surface area contributed by atoms with Gasteiger partial charge in [0.15, 0.2) is 0 Å². The number of fused-ring (bicyclic) bond motifs is 3. The monoisotopic (exact) mass is 478 g/mol. The Morgan fingerprint density at radius 1 is 1.00 bits per heavy atom. The zero-order valence-corrected chi connectivity index (χ0v) is 19.7. The van der Waals surface area contributed by atoms with Crippen molar-refractivity contribution >= 4 is 5.69 Å². The van der Waals surface area contributed by atoms with E-state index in [1.54, 1.807) is 20.3 Å². The summed E-state index contributed by atoms with van der Waals surface area (Å²) in [6.45, 7) is 3.38. The highest BCUT2D eigenvalue weighted by atomic mass is 19.4. The summed E-state index contributed by atoms with van der Waals surface area (Å²) in [5.41, 5.74) is 1.78. The summed E-state index contributed by atoms with van der Waals surface area (Å²) in [5.74, 6) is 0.0426. The van der Waals surface area contributed by atoms with E-state index in [9.17, 15) is 13.2 Å². The van der Waals surface area contributed by atoms with Gasteiger partial charge in [0.2, 0.25) is 0 Å². The van der Waals surface area contributed by atoms with Crippen LogP contribution in [0.2, 0.25) is 0 Å². The maximum atomic E-state index is 13.5. The smallest absolute Gasteiger partial charge is 0.383 e. The molecule has 2 aromatic rings. The van der Waals surface area contributed by atoms with E-state index in [2.05, 4.69) is 22.3 Å². The quantitative estimate of drug-likeness (QED) is 0.530. The van der Waals surface area contributed by atoms with E-state index in [-0.39, 0.29) is 18.1 Å².